The first-order valence-corrected chi connectivity index (χ1v) is 10.4. The predicted molar refractivity (Wildman–Crippen MR) is 115 cm³/mol. The molecule has 0 aliphatic heterocycles. The van der Waals surface area contributed by atoms with E-state index in [0.717, 1.165) is 41.8 Å². The van der Waals surface area contributed by atoms with Crippen molar-refractivity contribution in [3.63, 3.8) is 0 Å². The van der Waals surface area contributed by atoms with E-state index in [9.17, 15) is 13.2 Å². The van der Waals surface area contributed by atoms with Gasteiger partial charge in [0, 0.05) is 15.3 Å². The third kappa shape index (κ3) is 4.25. The van der Waals surface area contributed by atoms with E-state index in [1.807, 2.05) is 11.2 Å². The Bertz CT molecular complexity index is 1110. The van der Waals surface area contributed by atoms with Crippen molar-refractivity contribution < 1.29 is 13.2 Å². The first kappa shape index (κ1) is 19.8. The highest BCUT2D eigenvalue weighted by Gasteiger charge is 2.16. The zero-order valence-corrected chi connectivity index (χ0v) is 16.9. The molecule has 0 unspecified atom stereocenters. The number of allylic oxidation sites excluding steroid dienone is 2. The van der Waals surface area contributed by atoms with E-state index in [1.54, 1.807) is 23.5 Å². The summed E-state index contributed by atoms with van der Waals surface area (Å²) in [6.45, 7) is 0. The summed E-state index contributed by atoms with van der Waals surface area (Å²) in [5, 5.41) is 1.94. The van der Waals surface area contributed by atoms with Crippen LogP contribution in [0.2, 0.25) is 0 Å². The molecular formula is C23H16F3NS2. The molecule has 0 saturated carbocycles. The van der Waals surface area contributed by atoms with Crippen LogP contribution >= 0.6 is 23.6 Å². The molecule has 0 spiro atoms. The molecule has 3 aromatic rings. The number of nitrogens with zero attached hydrogens (tertiary/aromatic N) is 1. The number of hydrogen-bond acceptors (Lipinski definition) is 3. The molecule has 0 atom stereocenters. The Hall–Kier alpha value is -2.53. The standard InChI is InChI=1S/C23H16F3NS2/c24-19-10-15(22-8-6-17(29-22)9-14-3-1-2-4-14)5-7-18(19)16-11-20(25)23(27-13-28)21(26)12-16/h1-2,5-8,10-12,14H,3-4,9H2. The zero-order valence-electron chi connectivity index (χ0n) is 15.3. The molecular weight excluding hydrogens is 411 g/mol. The van der Waals surface area contributed by atoms with Gasteiger partial charge < -0.3 is 0 Å². The summed E-state index contributed by atoms with van der Waals surface area (Å²) < 4.78 is 42.9. The Kier molecular flexibility index (Phi) is 5.76. The summed E-state index contributed by atoms with van der Waals surface area (Å²) in [7, 11) is 0. The van der Waals surface area contributed by atoms with Gasteiger partial charge >= 0.3 is 0 Å². The molecule has 146 valence electrons. The van der Waals surface area contributed by atoms with Gasteiger partial charge in [-0.3, -0.25) is 0 Å². The lowest BCUT2D eigenvalue weighted by molar-refractivity contribution is 0.572. The van der Waals surface area contributed by atoms with Crippen molar-refractivity contribution in [3.05, 3.63) is 76.9 Å². The second-order valence-electron chi connectivity index (χ2n) is 6.97. The van der Waals surface area contributed by atoms with Crippen LogP contribution in [0.1, 0.15) is 17.7 Å². The maximum absolute atomic E-state index is 14.8. The normalized spacial score (nSPS) is 13.6. The average molecular weight is 428 g/mol. The van der Waals surface area contributed by atoms with Crippen molar-refractivity contribution in [1.82, 2.24) is 0 Å². The zero-order chi connectivity index (χ0) is 20.4. The van der Waals surface area contributed by atoms with Crippen LogP contribution in [0.4, 0.5) is 18.9 Å². The first-order valence-electron chi connectivity index (χ1n) is 9.16. The van der Waals surface area contributed by atoms with Crippen molar-refractivity contribution in [1.29, 1.82) is 0 Å². The van der Waals surface area contributed by atoms with Gasteiger partial charge in [0.1, 0.15) is 11.5 Å². The fourth-order valence-electron chi connectivity index (χ4n) is 3.54. The maximum Gasteiger partial charge on any atom is 0.153 e. The van der Waals surface area contributed by atoms with Crippen LogP contribution in [0.5, 0.6) is 0 Å². The van der Waals surface area contributed by atoms with Crippen LogP contribution < -0.4 is 0 Å². The van der Waals surface area contributed by atoms with Gasteiger partial charge in [0.25, 0.3) is 0 Å². The van der Waals surface area contributed by atoms with E-state index in [-0.39, 0.29) is 11.1 Å². The Labute approximate surface area is 176 Å². The quantitative estimate of drug-likeness (QED) is 0.230. The van der Waals surface area contributed by atoms with Gasteiger partial charge in [-0.2, -0.15) is 4.99 Å². The van der Waals surface area contributed by atoms with Crippen LogP contribution in [-0.2, 0) is 6.42 Å². The highest BCUT2D eigenvalue weighted by atomic mass is 32.1. The Morgan fingerprint density at radius 1 is 0.931 bits per heavy atom. The van der Waals surface area contributed by atoms with Gasteiger partial charge in [-0.1, -0.05) is 24.3 Å². The number of thiophene rings is 1. The van der Waals surface area contributed by atoms with Crippen LogP contribution in [0.25, 0.3) is 21.6 Å². The average Bonchev–Trinajstić information content (AvgIpc) is 3.37. The molecule has 4 rings (SSSR count). The molecule has 0 saturated heterocycles. The van der Waals surface area contributed by atoms with Crippen molar-refractivity contribution in [2.45, 2.75) is 19.3 Å². The summed E-state index contributed by atoms with van der Waals surface area (Å²) >= 11 is 6.04. The van der Waals surface area contributed by atoms with Gasteiger partial charge in [-0.25, -0.2) is 13.2 Å². The minimum absolute atomic E-state index is 0.105. The number of thiocarbonyl (C=S) groups is 1. The molecule has 1 nitrogen and oxygen atoms in total. The highest BCUT2D eigenvalue weighted by Crippen LogP contribution is 2.35. The second kappa shape index (κ2) is 8.46. The number of hydrogen-bond donors (Lipinski definition) is 0. The number of rotatable bonds is 5. The van der Waals surface area contributed by atoms with E-state index in [1.165, 1.54) is 10.9 Å². The van der Waals surface area contributed by atoms with Crippen molar-refractivity contribution >= 4 is 34.4 Å². The molecule has 6 heteroatoms. The summed E-state index contributed by atoms with van der Waals surface area (Å²) in [4.78, 5) is 5.62. The number of isothiocyanates is 1. The van der Waals surface area contributed by atoms with Crippen LogP contribution in [-0.4, -0.2) is 5.16 Å². The lowest BCUT2D eigenvalue weighted by atomic mass is 10.0. The maximum atomic E-state index is 14.8. The van der Waals surface area contributed by atoms with Crippen molar-refractivity contribution in [2.24, 2.45) is 10.9 Å². The largest absolute Gasteiger partial charge is 0.206 e. The minimum atomic E-state index is -0.912. The Morgan fingerprint density at radius 2 is 1.62 bits per heavy atom. The summed E-state index contributed by atoms with van der Waals surface area (Å²) in [5.41, 5.74) is 0.450. The van der Waals surface area contributed by atoms with E-state index in [2.05, 4.69) is 35.4 Å². The van der Waals surface area contributed by atoms with E-state index in [0.29, 0.717) is 5.92 Å². The number of aliphatic imine (C=N–C) groups is 1. The van der Waals surface area contributed by atoms with Crippen LogP contribution in [0, 0.1) is 23.4 Å². The molecule has 0 bridgehead atoms. The molecule has 29 heavy (non-hydrogen) atoms. The lowest BCUT2D eigenvalue weighted by Crippen LogP contribution is -1.96. The lowest BCUT2D eigenvalue weighted by Gasteiger charge is -2.08. The van der Waals surface area contributed by atoms with Gasteiger partial charge in [-0.05, 0) is 78.9 Å². The summed E-state index contributed by atoms with van der Waals surface area (Å²) in [5.74, 6) is -1.71. The molecule has 0 N–H and O–H groups in total. The summed E-state index contributed by atoms with van der Waals surface area (Å²) in [6, 6.07) is 10.9. The van der Waals surface area contributed by atoms with Gasteiger partial charge in [0.2, 0.25) is 0 Å². The third-order valence-corrected chi connectivity index (χ3v) is 6.24. The topological polar surface area (TPSA) is 12.4 Å². The van der Waals surface area contributed by atoms with E-state index >= 15 is 0 Å². The SMILES string of the molecule is Fc1cc(-c2ccc(CC3CC=CC3)s2)ccc1-c1cc(F)c(N=C=S)c(F)c1. The third-order valence-electron chi connectivity index (χ3n) is 5.00. The molecule has 2 aromatic carbocycles. The first-order chi connectivity index (χ1) is 14.0. The van der Waals surface area contributed by atoms with Crippen molar-refractivity contribution in [2.75, 3.05) is 0 Å². The summed E-state index contributed by atoms with van der Waals surface area (Å²) in [6.07, 6.45) is 7.67. The number of halogens is 3. The fraction of sp³-hybridized carbons (Fsp3) is 0.174. The van der Waals surface area contributed by atoms with Crippen molar-refractivity contribution in [3.8, 4) is 21.6 Å². The molecule has 0 amide bonds. The van der Waals surface area contributed by atoms with Crippen LogP contribution in [0.3, 0.4) is 0 Å². The molecule has 0 fully saturated rings. The molecule has 0 radical (unpaired) electrons. The Morgan fingerprint density at radius 3 is 2.28 bits per heavy atom. The predicted octanol–water partition coefficient (Wildman–Crippen LogP) is 7.74. The number of benzene rings is 2. The fourth-order valence-corrected chi connectivity index (χ4v) is 4.75. The van der Waals surface area contributed by atoms with Gasteiger partial charge in [0.05, 0.1) is 5.16 Å². The van der Waals surface area contributed by atoms with Gasteiger partial charge in [-0.15, -0.1) is 11.3 Å². The molecule has 1 aromatic heterocycles. The molecule has 1 aliphatic carbocycles. The highest BCUT2D eigenvalue weighted by molar-refractivity contribution is 7.78. The van der Waals surface area contributed by atoms with E-state index in [4.69, 9.17) is 0 Å². The Balaban J connectivity index is 1.60. The van der Waals surface area contributed by atoms with E-state index < -0.39 is 23.1 Å². The van der Waals surface area contributed by atoms with Crippen LogP contribution in [0.15, 0.2) is 59.6 Å². The molecule has 1 heterocycles. The second-order valence-corrected chi connectivity index (χ2v) is 8.32. The monoisotopic (exact) mass is 427 g/mol. The van der Waals surface area contributed by atoms with Gasteiger partial charge in [0.15, 0.2) is 11.6 Å². The smallest absolute Gasteiger partial charge is 0.153 e. The molecule has 1 aliphatic rings. The minimum Gasteiger partial charge on any atom is -0.206 e.